The molecule has 0 spiro atoms. The van der Waals surface area contributed by atoms with Crippen molar-refractivity contribution < 1.29 is 23.7 Å². The number of rotatable bonds is 9. The molecule has 1 saturated carbocycles. The first kappa shape index (κ1) is 30.7. The zero-order valence-corrected chi connectivity index (χ0v) is 27.1. The van der Waals surface area contributed by atoms with Crippen LogP contribution in [0.3, 0.4) is 0 Å². The first-order chi connectivity index (χ1) is 20.8. The van der Waals surface area contributed by atoms with Crippen LogP contribution in [0.25, 0.3) is 0 Å². The molecule has 3 aliphatic rings. The summed E-state index contributed by atoms with van der Waals surface area (Å²) in [6, 6.07) is 32.0. The van der Waals surface area contributed by atoms with Crippen molar-refractivity contribution in [1.82, 2.24) is 0 Å². The molecule has 43 heavy (non-hydrogen) atoms. The number of ether oxygens (including phenoxy) is 3. The lowest BCUT2D eigenvalue weighted by Crippen LogP contribution is -2.55. The van der Waals surface area contributed by atoms with Crippen molar-refractivity contribution in [1.29, 1.82) is 0 Å². The minimum Gasteiger partial charge on any atom is -0.410 e. The van der Waals surface area contributed by atoms with Crippen LogP contribution in [0.4, 0.5) is 0 Å². The summed E-state index contributed by atoms with van der Waals surface area (Å²) < 4.78 is 26.3. The van der Waals surface area contributed by atoms with Crippen LogP contribution in [0.15, 0.2) is 91.0 Å². The van der Waals surface area contributed by atoms with Gasteiger partial charge in [0.05, 0.1) is 12.7 Å². The molecule has 1 N–H and O–H groups in total. The number of fused-ring (bicyclic) bond motifs is 1. The maximum atomic E-state index is 11.7. The molecule has 2 aliphatic heterocycles. The summed E-state index contributed by atoms with van der Waals surface area (Å²) in [5.41, 5.74) is 1.03. The molecule has 230 valence electrons. The summed E-state index contributed by atoms with van der Waals surface area (Å²) in [5.74, 6) is 0.277. The van der Waals surface area contributed by atoms with Gasteiger partial charge < -0.3 is 23.7 Å². The van der Waals surface area contributed by atoms with Crippen molar-refractivity contribution in [3.05, 3.63) is 96.6 Å². The number of hydrogen-bond donors (Lipinski definition) is 1. The summed E-state index contributed by atoms with van der Waals surface area (Å²) in [6.45, 7) is 8.72. The fraction of sp³-hybridized carbons (Fsp3) is 0.514. The highest BCUT2D eigenvalue weighted by molar-refractivity contribution is 6.80. The Kier molecular flexibility index (Phi) is 9.53. The predicted octanol–water partition coefficient (Wildman–Crippen LogP) is 5.33. The van der Waals surface area contributed by atoms with Gasteiger partial charge in [-0.25, -0.2) is 0 Å². The molecule has 0 aromatic heterocycles. The average molecular weight is 601 g/mol. The van der Waals surface area contributed by atoms with Gasteiger partial charge in [0.25, 0.3) is 0 Å². The molecule has 3 aromatic carbocycles. The second-order valence-electron chi connectivity index (χ2n) is 13.9. The quantitative estimate of drug-likeness (QED) is 0.337. The Morgan fingerprint density at radius 3 is 2.07 bits per heavy atom. The van der Waals surface area contributed by atoms with E-state index in [9.17, 15) is 5.11 Å². The number of aliphatic hydroxyl groups is 1. The van der Waals surface area contributed by atoms with Gasteiger partial charge in [-0.15, -0.1) is 0 Å². The molecule has 2 heterocycles. The maximum Gasteiger partial charge on any atom is 0.239 e. The van der Waals surface area contributed by atoms with Crippen LogP contribution in [0.5, 0.6) is 0 Å². The first-order valence-electron chi connectivity index (χ1n) is 16.2. The fourth-order valence-corrected chi connectivity index (χ4v) is 10.6. The van der Waals surface area contributed by atoms with Gasteiger partial charge in [0.15, 0.2) is 12.6 Å². The van der Waals surface area contributed by atoms with E-state index in [4.69, 9.17) is 18.6 Å². The van der Waals surface area contributed by atoms with Crippen LogP contribution in [0.2, 0.25) is 0 Å². The Bertz CT molecular complexity index is 1240. The van der Waals surface area contributed by atoms with E-state index in [2.05, 4.69) is 112 Å². The molecule has 2 saturated heterocycles. The molecule has 1 aliphatic carbocycles. The van der Waals surface area contributed by atoms with Crippen LogP contribution in [0, 0.1) is 28.6 Å². The highest BCUT2D eigenvalue weighted by Gasteiger charge is 2.63. The first-order valence-corrected chi connectivity index (χ1v) is 17.8. The third kappa shape index (κ3) is 6.70. The number of aliphatic hydroxyl groups excluding tert-OH is 1. The SMILES string of the molecule is CC(C)(C)[C@@H]1[C@H]2COC(O)C(CO[SiH](c3ccccc3)c3ccccc3)[C@@]2(Cc2ccccc2)C[C@H]1OC1CCCCO1. The van der Waals surface area contributed by atoms with Crippen LogP contribution in [-0.4, -0.2) is 52.7 Å². The third-order valence-electron chi connectivity index (χ3n) is 10.2. The van der Waals surface area contributed by atoms with Gasteiger partial charge >= 0.3 is 0 Å². The Morgan fingerprint density at radius 1 is 0.860 bits per heavy atom. The van der Waals surface area contributed by atoms with Gasteiger partial charge in [-0.05, 0) is 70.7 Å². The molecular weight excluding hydrogens is 552 g/mol. The largest absolute Gasteiger partial charge is 0.410 e. The van der Waals surface area contributed by atoms with Gasteiger partial charge in [-0.2, -0.15) is 0 Å². The summed E-state index contributed by atoms with van der Waals surface area (Å²) in [5, 5.41) is 14.1. The molecule has 6 rings (SSSR count). The molecule has 3 unspecified atom stereocenters. The molecule has 6 heteroatoms. The van der Waals surface area contributed by atoms with E-state index >= 15 is 0 Å². The molecule has 0 radical (unpaired) electrons. The Labute approximate surface area is 259 Å². The van der Waals surface area contributed by atoms with Crippen molar-refractivity contribution in [3.8, 4) is 0 Å². The van der Waals surface area contributed by atoms with Crippen LogP contribution in [-0.2, 0) is 25.1 Å². The van der Waals surface area contributed by atoms with Crippen molar-refractivity contribution in [2.75, 3.05) is 19.8 Å². The van der Waals surface area contributed by atoms with Gasteiger partial charge in [0.2, 0.25) is 9.04 Å². The Hall–Kier alpha value is -2.32. The van der Waals surface area contributed by atoms with E-state index in [1.165, 1.54) is 15.9 Å². The number of hydrogen-bond acceptors (Lipinski definition) is 5. The summed E-state index contributed by atoms with van der Waals surface area (Å²) in [7, 11) is -2.02. The monoisotopic (exact) mass is 600 g/mol. The molecule has 7 atom stereocenters. The van der Waals surface area contributed by atoms with E-state index in [1.807, 2.05) is 0 Å². The summed E-state index contributed by atoms with van der Waals surface area (Å²) >= 11 is 0. The fourth-order valence-electron chi connectivity index (χ4n) is 8.27. The van der Waals surface area contributed by atoms with Crippen LogP contribution < -0.4 is 10.4 Å². The second kappa shape index (κ2) is 13.4. The zero-order valence-electron chi connectivity index (χ0n) is 25.9. The van der Waals surface area contributed by atoms with Crippen molar-refractivity contribution >= 4 is 19.4 Å². The standard InChI is InChI=1S/C37H48O5Si/c1-36(2,3)34-30-25-40-35(38)31(26-41-43(28-17-9-5-10-18-28)29-19-11-6-12-20-29)37(30,23-27-15-7-4-8-16-27)24-32(34)42-33-21-13-14-22-39-33/h4-12,15-20,30-35,38,43H,13-14,21-26H2,1-3H3/t30-,31?,32-,33?,34-,35?,37+/m1/s1. The van der Waals surface area contributed by atoms with E-state index < -0.39 is 15.3 Å². The van der Waals surface area contributed by atoms with E-state index in [1.54, 1.807) is 0 Å². The highest BCUT2D eigenvalue weighted by Crippen LogP contribution is 2.62. The topological polar surface area (TPSA) is 57.2 Å². The minimum atomic E-state index is -2.02. The van der Waals surface area contributed by atoms with Crippen molar-refractivity contribution in [2.24, 2.45) is 28.6 Å². The van der Waals surface area contributed by atoms with Gasteiger partial charge in [-0.3, -0.25) is 0 Å². The van der Waals surface area contributed by atoms with E-state index in [0.717, 1.165) is 38.7 Å². The third-order valence-corrected chi connectivity index (χ3v) is 12.7. The van der Waals surface area contributed by atoms with Gasteiger partial charge in [0, 0.05) is 19.1 Å². The zero-order chi connectivity index (χ0) is 29.9. The average Bonchev–Trinajstić information content (AvgIpc) is 3.34. The number of benzene rings is 3. The smallest absolute Gasteiger partial charge is 0.239 e. The van der Waals surface area contributed by atoms with Gasteiger partial charge in [0.1, 0.15) is 0 Å². The molecule has 5 nitrogen and oxygen atoms in total. The molecule has 3 fully saturated rings. The summed E-state index contributed by atoms with van der Waals surface area (Å²) in [4.78, 5) is 0. The minimum absolute atomic E-state index is 0.00907. The van der Waals surface area contributed by atoms with Crippen LogP contribution in [0.1, 0.15) is 52.0 Å². The lowest BCUT2D eigenvalue weighted by Gasteiger charge is -2.51. The normalized spacial score (nSPS) is 31.2. The van der Waals surface area contributed by atoms with Crippen LogP contribution >= 0.6 is 0 Å². The highest BCUT2D eigenvalue weighted by atomic mass is 28.3. The lowest BCUT2D eigenvalue weighted by molar-refractivity contribution is -0.236. The van der Waals surface area contributed by atoms with E-state index in [-0.39, 0.29) is 41.0 Å². The molecule has 3 aromatic rings. The van der Waals surface area contributed by atoms with Crippen molar-refractivity contribution in [3.63, 3.8) is 0 Å². The predicted molar refractivity (Wildman–Crippen MR) is 173 cm³/mol. The summed E-state index contributed by atoms with van der Waals surface area (Å²) in [6.07, 6.45) is 3.85. The lowest BCUT2D eigenvalue weighted by atomic mass is 9.60. The van der Waals surface area contributed by atoms with Gasteiger partial charge in [-0.1, -0.05) is 112 Å². The molecule has 0 amide bonds. The molecular formula is C37H48O5Si. The Morgan fingerprint density at radius 2 is 1.49 bits per heavy atom. The molecule has 0 bridgehead atoms. The maximum absolute atomic E-state index is 11.7. The van der Waals surface area contributed by atoms with E-state index in [0.29, 0.717) is 13.2 Å². The van der Waals surface area contributed by atoms with Crippen molar-refractivity contribution in [2.45, 2.75) is 71.6 Å². The second-order valence-corrected chi connectivity index (χ2v) is 16.4. The Balaban J connectivity index is 1.37.